The zero-order valence-electron chi connectivity index (χ0n) is 14.4. The maximum Gasteiger partial charge on any atom is 0.254 e. The second-order valence-electron chi connectivity index (χ2n) is 5.89. The summed E-state index contributed by atoms with van der Waals surface area (Å²) in [6.07, 6.45) is 0. The Hall–Kier alpha value is -1.91. The van der Waals surface area contributed by atoms with Gasteiger partial charge in [-0.15, -0.1) is 12.4 Å². The van der Waals surface area contributed by atoms with Crippen LogP contribution >= 0.6 is 12.4 Å². The number of likely N-dealkylation sites (N-methyl/N-ethyl adjacent to an activating group) is 1. The fourth-order valence-electron chi connectivity index (χ4n) is 2.24. The second-order valence-corrected chi connectivity index (χ2v) is 5.89. The third-order valence-corrected chi connectivity index (χ3v) is 4.12. The first kappa shape index (κ1) is 20.1. The molecule has 0 saturated carbocycles. The number of benzene rings is 2. The van der Waals surface area contributed by atoms with Gasteiger partial charge in [0.15, 0.2) is 0 Å². The second kappa shape index (κ2) is 8.81. The Bertz CT molecular complexity index is 719. The van der Waals surface area contributed by atoms with Crippen molar-refractivity contribution in [3.8, 4) is 11.1 Å². The van der Waals surface area contributed by atoms with Crippen molar-refractivity contribution >= 4 is 18.3 Å². The van der Waals surface area contributed by atoms with E-state index in [9.17, 15) is 9.18 Å². The average Bonchev–Trinajstić information content (AvgIpc) is 2.54. The van der Waals surface area contributed by atoms with E-state index < -0.39 is 11.7 Å². The molecular weight excluding hydrogens is 327 g/mol. The first-order chi connectivity index (χ1) is 10.9. The van der Waals surface area contributed by atoms with Crippen molar-refractivity contribution < 1.29 is 9.18 Å². The molecule has 0 aliphatic carbocycles. The van der Waals surface area contributed by atoms with E-state index in [0.717, 1.165) is 16.7 Å². The van der Waals surface area contributed by atoms with E-state index in [4.69, 9.17) is 0 Å². The summed E-state index contributed by atoms with van der Waals surface area (Å²) >= 11 is 0. The lowest BCUT2D eigenvalue weighted by Gasteiger charge is -2.12. The highest BCUT2D eigenvalue weighted by molar-refractivity contribution is 5.95. The van der Waals surface area contributed by atoms with Crippen LogP contribution in [0.5, 0.6) is 0 Å². The monoisotopic (exact) mass is 350 g/mol. The number of carbonyl (C=O) groups is 1. The van der Waals surface area contributed by atoms with Gasteiger partial charge in [0.05, 0.1) is 5.56 Å². The standard InChI is InChI=1S/C19H23FN2O.ClH/c1-12-5-6-15(9-13(12)2)16-7-8-17(18(20)10-16)19(23)22-11-14(3)21-4;/h5-10,14,21H,11H2,1-4H3,(H,22,23);1H. The predicted octanol–water partition coefficient (Wildman–Crippen LogP) is 3.87. The molecule has 0 bridgehead atoms. The molecule has 1 amide bonds. The highest BCUT2D eigenvalue weighted by Crippen LogP contribution is 2.24. The van der Waals surface area contributed by atoms with Crippen molar-refractivity contribution in [1.29, 1.82) is 0 Å². The summed E-state index contributed by atoms with van der Waals surface area (Å²) in [5, 5.41) is 5.74. The zero-order chi connectivity index (χ0) is 17.0. The molecule has 0 aromatic heterocycles. The molecule has 1 atom stereocenters. The van der Waals surface area contributed by atoms with Gasteiger partial charge in [0.1, 0.15) is 5.82 Å². The zero-order valence-corrected chi connectivity index (χ0v) is 15.3. The molecule has 0 aliphatic heterocycles. The largest absolute Gasteiger partial charge is 0.350 e. The number of amides is 1. The summed E-state index contributed by atoms with van der Waals surface area (Å²) in [5.41, 5.74) is 4.14. The van der Waals surface area contributed by atoms with Crippen molar-refractivity contribution in [2.75, 3.05) is 13.6 Å². The Kier molecular flexibility index (Phi) is 7.39. The molecule has 0 radical (unpaired) electrons. The minimum atomic E-state index is -0.504. The first-order valence-electron chi connectivity index (χ1n) is 7.75. The van der Waals surface area contributed by atoms with Gasteiger partial charge >= 0.3 is 0 Å². The number of halogens is 2. The topological polar surface area (TPSA) is 41.1 Å². The SMILES string of the molecule is CNC(C)CNC(=O)c1ccc(-c2ccc(C)c(C)c2)cc1F.Cl. The Morgan fingerprint density at radius 1 is 1.08 bits per heavy atom. The number of hydrogen-bond donors (Lipinski definition) is 2. The van der Waals surface area contributed by atoms with Crippen LogP contribution in [0.2, 0.25) is 0 Å². The maximum absolute atomic E-state index is 14.3. The Morgan fingerprint density at radius 3 is 2.29 bits per heavy atom. The van der Waals surface area contributed by atoms with Crippen LogP contribution in [0.4, 0.5) is 4.39 Å². The van der Waals surface area contributed by atoms with Crippen LogP contribution in [0.1, 0.15) is 28.4 Å². The molecule has 0 spiro atoms. The molecule has 2 aromatic rings. The molecule has 0 saturated heterocycles. The van der Waals surface area contributed by atoms with Gasteiger partial charge in [0, 0.05) is 12.6 Å². The van der Waals surface area contributed by atoms with E-state index >= 15 is 0 Å². The number of carbonyl (C=O) groups excluding carboxylic acids is 1. The van der Waals surface area contributed by atoms with E-state index in [0.29, 0.717) is 6.54 Å². The van der Waals surface area contributed by atoms with E-state index in [1.807, 2.05) is 46.0 Å². The van der Waals surface area contributed by atoms with Crippen LogP contribution < -0.4 is 10.6 Å². The van der Waals surface area contributed by atoms with E-state index in [1.54, 1.807) is 12.1 Å². The van der Waals surface area contributed by atoms with Crippen molar-refractivity contribution in [1.82, 2.24) is 10.6 Å². The molecule has 0 heterocycles. The summed E-state index contributed by atoms with van der Waals surface area (Å²) in [4.78, 5) is 12.1. The van der Waals surface area contributed by atoms with E-state index in [2.05, 4.69) is 10.6 Å². The Labute approximate surface area is 149 Å². The number of rotatable bonds is 5. The van der Waals surface area contributed by atoms with Gasteiger partial charge in [-0.25, -0.2) is 4.39 Å². The average molecular weight is 351 g/mol. The van der Waals surface area contributed by atoms with Crippen LogP contribution in [0.15, 0.2) is 36.4 Å². The van der Waals surface area contributed by atoms with Crippen LogP contribution in [0.3, 0.4) is 0 Å². The number of nitrogens with one attached hydrogen (secondary N) is 2. The molecule has 5 heteroatoms. The minimum Gasteiger partial charge on any atom is -0.350 e. The normalized spacial score (nSPS) is 11.5. The fourth-order valence-corrected chi connectivity index (χ4v) is 2.24. The summed E-state index contributed by atoms with van der Waals surface area (Å²) in [5.74, 6) is -0.897. The number of hydrogen-bond acceptors (Lipinski definition) is 2. The van der Waals surface area contributed by atoms with Crippen LogP contribution in [-0.4, -0.2) is 25.5 Å². The molecule has 3 nitrogen and oxygen atoms in total. The molecule has 2 N–H and O–H groups in total. The summed E-state index contributed by atoms with van der Waals surface area (Å²) in [6, 6.07) is 10.9. The van der Waals surface area contributed by atoms with Gasteiger partial charge in [-0.3, -0.25) is 4.79 Å². The van der Waals surface area contributed by atoms with Gasteiger partial charge in [-0.2, -0.15) is 0 Å². The lowest BCUT2D eigenvalue weighted by molar-refractivity contribution is 0.0946. The van der Waals surface area contributed by atoms with Crippen molar-refractivity contribution in [3.05, 3.63) is 58.9 Å². The third-order valence-electron chi connectivity index (χ3n) is 4.12. The minimum absolute atomic E-state index is 0. The smallest absolute Gasteiger partial charge is 0.254 e. The van der Waals surface area contributed by atoms with Crippen molar-refractivity contribution in [2.24, 2.45) is 0 Å². The van der Waals surface area contributed by atoms with E-state index in [1.165, 1.54) is 11.6 Å². The van der Waals surface area contributed by atoms with Crippen molar-refractivity contribution in [2.45, 2.75) is 26.8 Å². The molecule has 2 rings (SSSR count). The Morgan fingerprint density at radius 2 is 1.71 bits per heavy atom. The van der Waals surface area contributed by atoms with Gasteiger partial charge in [0.2, 0.25) is 0 Å². The summed E-state index contributed by atoms with van der Waals surface area (Å²) < 4.78 is 14.3. The highest BCUT2D eigenvalue weighted by Gasteiger charge is 2.13. The van der Waals surface area contributed by atoms with Crippen LogP contribution in [0.25, 0.3) is 11.1 Å². The molecule has 24 heavy (non-hydrogen) atoms. The van der Waals surface area contributed by atoms with Gasteiger partial charge in [-0.05, 0) is 62.2 Å². The van der Waals surface area contributed by atoms with Gasteiger partial charge in [0.25, 0.3) is 5.91 Å². The predicted molar refractivity (Wildman–Crippen MR) is 99.4 cm³/mol. The quantitative estimate of drug-likeness (QED) is 0.859. The molecular formula is C19H24ClFN2O. The Balaban J connectivity index is 0.00000288. The lowest BCUT2D eigenvalue weighted by atomic mass is 9.99. The number of aryl methyl sites for hydroxylation is 2. The van der Waals surface area contributed by atoms with E-state index in [-0.39, 0.29) is 24.0 Å². The summed E-state index contributed by atoms with van der Waals surface area (Å²) in [6.45, 7) is 6.46. The highest BCUT2D eigenvalue weighted by atomic mass is 35.5. The maximum atomic E-state index is 14.3. The first-order valence-corrected chi connectivity index (χ1v) is 7.75. The molecule has 1 unspecified atom stereocenters. The lowest BCUT2D eigenvalue weighted by Crippen LogP contribution is -2.37. The molecule has 130 valence electrons. The van der Waals surface area contributed by atoms with Gasteiger partial charge < -0.3 is 10.6 Å². The van der Waals surface area contributed by atoms with Gasteiger partial charge in [-0.1, -0.05) is 24.3 Å². The van der Waals surface area contributed by atoms with Crippen LogP contribution in [0, 0.1) is 19.7 Å². The summed E-state index contributed by atoms with van der Waals surface area (Å²) in [7, 11) is 1.82. The third kappa shape index (κ3) is 4.79. The molecule has 0 aliphatic rings. The van der Waals surface area contributed by atoms with Crippen molar-refractivity contribution in [3.63, 3.8) is 0 Å². The fraction of sp³-hybridized carbons (Fsp3) is 0.316. The van der Waals surface area contributed by atoms with Crippen LogP contribution in [-0.2, 0) is 0 Å². The molecule has 0 fully saturated rings. The molecule has 2 aromatic carbocycles.